The van der Waals surface area contributed by atoms with Crippen molar-refractivity contribution in [1.29, 1.82) is 0 Å². The maximum atomic E-state index is 13.2. The summed E-state index contributed by atoms with van der Waals surface area (Å²) in [6.45, 7) is 2.17. The highest BCUT2D eigenvalue weighted by Crippen LogP contribution is 2.34. The maximum Gasteiger partial charge on any atom is 0.157 e. The van der Waals surface area contributed by atoms with E-state index in [1.807, 2.05) is 31.2 Å². The van der Waals surface area contributed by atoms with Gasteiger partial charge in [-0.05, 0) is 53.9 Å². The Morgan fingerprint density at radius 2 is 1.73 bits per heavy atom. The first-order valence-corrected chi connectivity index (χ1v) is 8.74. The maximum absolute atomic E-state index is 13.2. The van der Waals surface area contributed by atoms with Crippen molar-refractivity contribution in [2.45, 2.75) is 13.5 Å². The van der Waals surface area contributed by atoms with Crippen molar-refractivity contribution < 1.29 is 9.13 Å². The number of aliphatic imine (C=N–C) groups is 1. The van der Waals surface area contributed by atoms with Crippen molar-refractivity contribution in [2.75, 3.05) is 0 Å². The second kappa shape index (κ2) is 8.35. The second-order valence-electron chi connectivity index (χ2n) is 5.78. The first-order valence-electron chi connectivity index (χ1n) is 7.99. The highest BCUT2D eigenvalue weighted by molar-refractivity contribution is 6.37. The highest BCUT2D eigenvalue weighted by Gasteiger charge is 2.10. The molecule has 0 bridgehead atoms. The number of aryl methyl sites for hydroxylation is 1. The van der Waals surface area contributed by atoms with Crippen molar-refractivity contribution >= 4 is 35.1 Å². The van der Waals surface area contributed by atoms with E-state index in [0.29, 0.717) is 21.4 Å². The van der Waals surface area contributed by atoms with Crippen molar-refractivity contribution in [3.63, 3.8) is 0 Å². The molecule has 0 amide bonds. The van der Waals surface area contributed by atoms with Crippen LogP contribution < -0.4 is 4.74 Å². The molecule has 0 fully saturated rings. The van der Waals surface area contributed by atoms with Crippen LogP contribution in [0.15, 0.2) is 65.7 Å². The smallest absolute Gasteiger partial charge is 0.157 e. The Bertz CT molecular complexity index is 933. The topological polar surface area (TPSA) is 21.6 Å². The summed E-state index contributed by atoms with van der Waals surface area (Å²) in [6.07, 6.45) is 1.70. The van der Waals surface area contributed by atoms with E-state index in [-0.39, 0.29) is 12.4 Å². The van der Waals surface area contributed by atoms with Gasteiger partial charge in [0.2, 0.25) is 0 Å². The molecule has 3 rings (SSSR count). The lowest BCUT2D eigenvalue weighted by Gasteiger charge is -2.11. The summed E-state index contributed by atoms with van der Waals surface area (Å²) in [5, 5.41) is 0.750. The monoisotopic (exact) mass is 387 g/mol. The molecule has 3 aromatic carbocycles. The number of hydrogen-bond acceptors (Lipinski definition) is 2. The third-order valence-electron chi connectivity index (χ3n) is 3.76. The van der Waals surface area contributed by atoms with Gasteiger partial charge in [0.25, 0.3) is 0 Å². The van der Waals surface area contributed by atoms with E-state index in [0.717, 1.165) is 16.8 Å². The first-order chi connectivity index (χ1) is 12.5. The van der Waals surface area contributed by atoms with E-state index in [1.165, 1.54) is 12.1 Å². The second-order valence-corrected chi connectivity index (χ2v) is 6.59. The van der Waals surface area contributed by atoms with Gasteiger partial charge in [-0.25, -0.2) is 4.39 Å². The lowest BCUT2D eigenvalue weighted by atomic mass is 10.2. The van der Waals surface area contributed by atoms with Gasteiger partial charge in [0, 0.05) is 6.21 Å². The van der Waals surface area contributed by atoms with Crippen molar-refractivity contribution in [1.82, 2.24) is 0 Å². The van der Waals surface area contributed by atoms with Crippen LogP contribution in [0.1, 0.15) is 16.7 Å². The quantitative estimate of drug-likeness (QED) is 0.442. The largest absolute Gasteiger partial charge is 0.486 e. The molecule has 0 saturated carbocycles. The van der Waals surface area contributed by atoms with Crippen LogP contribution in [0.3, 0.4) is 0 Å². The number of nitrogens with zero attached hydrogens (tertiary/aromatic N) is 1. The van der Waals surface area contributed by atoms with Gasteiger partial charge in [-0.1, -0.05) is 53.5 Å². The average molecular weight is 388 g/mol. The minimum Gasteiger partial charge on any atom is -0.486 e. The summed E-state index contributed by atoms with van der Waals surface area (Å²) in [7, 11) is 0. The normalized spacial score (nSPS) is 11.1. The number of hydrogen-bond donors (Lipinski definition) is 0. The molecule has 0 heterocycles. The van der Waals surface area contributed by atoms with Crippen molar-refractivity contribution in [3.05, 3.63) is 93.2 Å². The molecule has 0 aromatic heterocycles. The Hall–Kier alpha value is -2.36. The molecule has 0 spiro atoms. The zero-order valence-electron chi connectivity index (χ0n) is 14.0. The molecule has 0 aliphatic carbocycles. The Balaban J connectivity index is 1.77. The molecule has 0 radical (unpaired) electrons. The van der Waals surface area contributed by atoms with E-state index in [2.05, 4.69) is 4.99 Å². The van der Waals surface area contributed by atoms with Crippen LogP contribution in [0, 0.1) is 12.7 Å². The van der Waals surface area contributed by atoms with Gasteiger partial charge in [0.15, 0.2) is 5.75 Å². The third-order valence-corrected chi connectivity index (χ3v) is 4.32. The van der Waals surface area contributed by atoms with Gasteiger partial charge >= 0.3 is 0 Å². The average Bonchev–Trinajstić information content (AvgIpc) is 2.60. The van der Waals surface area contributed by atoms with Gasteiger partial charge in [-0.3, -0.25) is 4.99 Å². The minimum absolute atomic E-state index is 0.174. The van der Waals surface area contributed by atoms with E-state index < -0.39 is 0 Å². The Morgan fingerprint density at radius 3 is 2.42 bits per heavy atom. The van der Waals surface area contributed by atoms with Crippen LogP contribution in [0.2, 0.25) is 10.0 Å². The zero-order chi connectivity index (χ0) is 18.5. The van der Waals surface area contributed by atoms with Crippen LogP contribution in [0.25, 0.3) is 0 Å². The number of benzene rings is 3. The van der Waals surface area contributed by atoms with Gasteiger partial charge in [0.05, 0.1) is 15.7 Å². The molecule has 0 unspecified atom stereocenters. The molecule has 5 heteroatoms. The Kier molecular flexibility index (Phi) is 5.92. The molecule has 0 saturated heterocycles. The number of para-hydroxylation sites is 1. The zero-order valence-corrected chi connectivity index (χ0v) is 15.6. The molecule has 132 valence electrons. The van der Waals surface area contributed by atoms with Crippen molar-refractivity contribution in [3.8, 4) is 5.75 Å². The molecule has 0 atom stereocenters. The van der Waals surface area contributed by atoms with E-state index in [4.69, 9.17) is 27.9 Å². The fourth-order valence-electron chi connectivity index (χ4n) is 2.43. The van der Waals surface area contributed by atoms with Crippen LogP contribution >= 0.6 is 23.2 Å². The Labute approximate surface area is 161 Å². The van der Waals surface area contributed by atoms with Crippen LogP contribution in [0.4, 0.5) is 10.1 Å². The molecule has 0 aliphatic heterocycles. The predicted molar refractivity (Wildman–Crippen MR) is 106 cm³/mol. The summed E-state index contributed by atoms with van der Waals surface area (Å²) in [5.41, 5.74) is 3.42. The Morgan fingerprint density at radius 1 is 1.00 bits per heavy atom. The summed E-state index contributed by atoms with van der Waals surface area (Å²) < 4.78 is 18.9. The van der Waals surface area contributed by atoms with Gasteiger partial charge < -0.3 is 4.74 Å². The van der Waals surface area contributed by atoms with Crippen LogP contribution in [-0.2, 0) is 6.61 Å². The summed E-state index contributed by atoms with van der Waals surface area (Å²) in [5.74, 6) is 0.0525. The molecule has 3 aromatic rings. The first kappa shape index (κ1) is 18.4. The predicted octanol–water partition coefficient (Wildman–Crippen LogP) is 6.77. The molecular weight excluding hydrogens is 372 g/mol. The summed E-state index contributed by atoms with van der Waals surface area (Å²) in [6, 6.07) is 17.5. The standard InChI is InChI=1S/C21H16Cl2FNO/c1-14-5-2-3-8-20(14)25-12-16-10-18(22)21(19(23)11-16)26-13-15-6-4-7-17(24)9-15/h2-12H,13H2,1H3. The number of ether oxygens (including phenoxy) is 1. The lowest BCUT2D eigenvalue weighted by molar-refractivity contribution is 0.306. The van der Waals surface area contributed by atoms with E-state index >= 15 is 0 Å². The van der Waals surface area contributed by atoms with Crippen LogP contribution in [0.5, 0.6) is 5.75 Å². The van der Waals surface area contributed by atoms with Crippen molar-refractivity contribution in [2.24, 2.45) is 4.99 Å². The SMILES string of the molecule is Cc1ccccc1N=Cc1cc(Cl)c(OCc2cccc(F)c2)c(Cl)c1. The molecule has 0 aliphatic rings. The number of halogens is 3. The molecule has 0 N–H and O–H groups in total. The minimum atomic E-state index is -0.314. The van der Waals surface area contributed by atoms with Crippen LogP contribution in [-0.4, -0.2) is 6.21 Å². The highest BCUT2D eigenvalue weighted by atomic mass is 35.5. The summed E-state index contributed by atoms with van der Waals surface area (Å²) in [4.78, 5) is 4.47. The number of rotatable bonds is 5. The molecular formula is C21H16Cl2FNO. The molecule has 2 nitrogen and oxygen atoms in total. The van der Waals surface area contributed by atoms with E-state index in [9.17, 15) is 4.39 Å². The van der Waals surface area contributed by atoms with Gasteiger partial charge in [-0.15, -0.1) is 0 Å². The third kappa shape index (κ3) is 4.63. The lowest BCUT2D eigenvalue weighted by Crippen LogP contribution is -1.98. The van der Waals surface area contributed by atoms with Gasteiger partial charge in [0.1, 0.15) is 12.4 Å². The molecule has 26 heavy (non-hydrogen) atoms. The fourth-order valence-corrected chi connectivity index (χ4v) is 3.04. The summed E-state index contributed by atoms with van der Waals surface area (Å²) >= 11 is 12.6. The van der Waals surface area contributed by atoms with E-state index in [1.54, 1.807) is 30.5 Å². The fraction of sp³-hybridized carbons (Fsp3) is 0.0952. The van der Waals surface area contributed by atoms with Gasteiger partial charge in [-0.2, -0.15) is 0 Å².